The summed E-state index contributed by atoms with van der Waals surface area (Å²) in [4.78, 5) is 0. The SMILES string of the molecule is CCCCCCNCC(C)(C)C(C)C. The highest BCUT2D eigenvalue weighted by atomic mass is 14.9. The number of nitrogens with one attached hydrogen (secondary N) is 1. The van der Waals surface area contributed by atoms with Gasteiger partial charge in [-0.15, -0.1) is 0 Å². The molecular weight excluding hydrogens is 170 g/mol. The molecule has 0 spiro atoms. The van der Waals surface area contributed by atoms with Gasteiger partial charge in [-0.05, 0) is 24.3 Å². The largest absolute Gasteiger partial charge is 0.316 e. The Labute approximate surface area is 90.7 Å². The molecule has 86 valence electrons. The van der Waals surface area contributed by atoms with Crippen LogP contribution in [-0.2, 0) is 0 Å². The maximum atomic E-state index is 3.57. The van der Waals surface area contributed by atoms with E-state index in [-0.39, 0.29) is 0 Å². The molecule has 0 saturated heterocycles. The Morgan fingerprint density at radius 2 is 1.71 bits per heavy atom. The van der Waals surface area contributed by atoms with Gasteiger partial charge in [-0.1, -0.05) is 53.9 Å². The van der Waals surface area contributed by atoms with E-state index in [4.69, 9.17) is 0 Å². The summed E-state index contributed by atoms with van der Waals surface area (Å²) in [7, 11) is 0. The van der Waals surface area contributed by atoms with Gasteiger partial charge in [0.15, 0.2) is 0 Å². The van der Waals surface area contributed by atoms with E-state index in [9.17, 15) is 0 Å². The van der Waals surface area contributed by atoms with Crippen molar-refractivity contribution in [2.24, 2.45) is 11.3 Å². The van der Waals surface area contributed by atoms with Crippen LogP contribution in [0.1, 0.15) is 60.3 Å². The van der Waals surface area contributed by atoms with E-state index >= 15 is 0 Å². The lowest BCUT2D eigenvalue weighted by molar-refractivity contribution is 0.238. The Kier molecular flexibility index (Phi) is 7.26. The Morgan fingerprint density at radius 1 is 1.07 bits per heavy atom. The normalized spacial score (nSPS) is 12.4. The van der Waals surface area contributed by atoms with Gasteiger partial charge in [0, 0.05) is 6.54 Å². The molecule has 0 heterocycles. The summed E-state index contributed by atoms with van der Waals surface area (Å²) in [5.74, 6) is 0.755. The average Bonchev–Trinajstić information content (AvgIpc) is 2.10. The fourth-order valence-corrected chi connectivity index (χ4v) is 1.29. The monoisotopic (exact) mass is 199 g/mol. The first-order valence-corrected chi connectivity index (χ1v) is 6.21. The molecule has 0 aliphatic rings. The predicted octanol–water partition coefficient (Wildman–Crippen LogP) is 3.84. The van der Waals surface area contributed by atoms with E-state index < -0.39 is 0 Å². The molecule has 0 bridgehead atoms. The molecule has 0 aliphatic heterocycles. The Bertz CT molecular complexity index is 127. The topological polar surface area (TPSA) is 12.0 Å². The summed E-state index contributed by atoms with van der Waals surface area (Å²) in [5.41, 5.74) is 0.435. The minimum Gasteiger partial charge on any atom is -0.316 e. The summed E-state index contributed by atoms with van der Waals surface area (Å²) in [6.45, 7) is 13.9. The second-order valence-corrected chi connectivity index (χ2v) is 5.38. The zero-order valence-electron chi connectivity index (χ0n) is 10.8. The van der Waals surface area contributed by atoms with Crippen molar-refractivity contribution < 1.29 is 0 Å². The van der Waals surface area contributed by atoms with Gasteiger partial charge >= 0.3 is 0 Å². The molecule has 0 aromatic heterocycles. The van der Waals surface area contributed by atoms with Crippen molar-refractivity contribution in [1.29, 1.82) is 0 Å². The van der Waals surface area contributed by atoms with Gasteiger partial charge < -0.3 is 5.32 Å². The first kappa shape index (κ1) is 14.0. The number of rotatable bonds is 8. The van der Waals surface area contributed by atoms with Crippen LogP contribution in [0.25, 0.3) is 0 Å². The molecule has 0 atom stereocenters. The van der Waals surface area contributed by atoms with Crippen LogP contribution < -0.4 is 5.32 Å². The third-order valence-electron chi connectivity index (χ3n) is 3.35. The molecule has 1 nitrogen and oxygen atoms in total. The van der Waals surface area contributed by atoms with Gasteiger partial charge in [0.25, 0.3) is 0 Å². The third-order valence-corrected chi connectivity index (χ3v) is 3.35. The van der Waals surface area contributed by atoms with E-state index in [1.807, 2.05) is 0 Å². The van der Waals surface area contributed by atoms with Crippen molar-refractivity contribution in [1.82, 2.24) is 5.32 Å². The number of unbranched alkanes of at least 4 members (excludes halogenated alkanes) is 3. The second-order valence-electron chi connectivity index (χ2n) is 5.38. The van der Waals surface area contributed by atoms with Gasteiger partial charge in [-0.25, -0.2) is 0 Å². The van der Waals surface area contributed by atoms with Crippen LogP contribution in [0.4, 0.5) is 0 Å². The van der Waals surface area contributed by atoms with Crippen LogP contribution in [0, 0.1) is 11.3 Å². The molecule has 0 unspecified atom stereocenters. The number of hydrogen-bond donors (Lipinski definition) is 1. The van der Waals surface area contributed by atoms with E-state index in [0.717, 1.165) is 12.5 Å². The van der Waals surface area contributed by atoms with Crippen LogP contribution in [-0.4, -0.2) is 13.1 Å². The predicted molar refractivity (Wildman–Crippen MR) is 65.6 cm³/mol. The smallest absolute Gasteiger partial charge is 0.000496 e. The van der Waals surface area contributed by atoms with Crippen LogP contribution in [0.2, 0.25) is 0 Å². The molecule has 0 amide bonds. The highest BCUT2D eigenvalue weighted by molar-refractivity contribution is 4.74. The second kappa shape index (κ2) is 7.28. The van der Waals surface area contributed by atoms with Crippen molar-refractivity contribution in [2.75, 3.05) is 13.1 Å². The number of hydrogen-bond acceptors (Lipinski definition) is 1. The van der Waals surface area contributed by atoms with Crippen molar-refractivity contribution in [3.05, 3.63) is 0 Å². The Balaban J connectivity index is 3.35. The van der Waals surface area contributed by atoms with Crippen LogP contribution in [0.3, 0.4) is 0 Å². The van der Waals surface area contributed by atoms with Crippen LogP contribution in [0.15, 0.2) is 0 Å². The molecule has 1 heteroatoms. The van der Waals surface area contributed by atoms with E-state index in [1.54, 1.807) is 0 Å². The first-order valence-electron chi connectivity index (χ1n) is 6.21. The summed E-state index contributed by atoms with van der Waals surface area (Å²) >= 11 is 0. The zero-order valence-corrected chi connectivity index (χ0v) is 10.8. The molecule has 0 aliphatic carbocycles. The van der Waals surface area contributed by atoms with Gasteiger partial charge in [0.05, 0.1) is 0 Å². The fourth-order valence-electron chi connectivity index (χ4n) is 1.29. The average molecular weight is 199 g/mol. The summed E-state index contributed by atoms with van der Waals surface area (Å²) in [5, 5.41) is 3.57. The third kappa shape index (κ3) is 6.42. The highest BCUT2D eigenvalue weighted by Gasteiger charge is 2.21. The van der Waals surface area contributed by atoms with Crippen LogP contribution >= 0.6 is 0 Å². The maximum absolute atomic E-state index is 3.57. The molecule has 0 aromatic rings. The molecule has 0 saturated carbocycles. The minimum atomic E-state index is 0.435. The zero-order chi connectivity index (χ0) is 11.0. The van der Waals surface area contributed by atoms with Crippen molar-refractivity contribution >= 4 is 0 Å². The highest BCUT2D eigenvalue weighted by Crippen LogP contribution is 2.24. The van der Waals surface area contributed by atoms with Crippen LogP contribution in [0.5, 0.6) is 0 Å². The Morgan fingerprint density at radius 3 is 2.21 bits per heavy atom. The van der Waals surface area contributed by atoms with E-state index in [1.165, 1.54) is 32.2 Å². The lowest BCUT2D eigenvalue weighted by atomic mass is 9.81. The van der Waals surface area contributed by atoms with Gasteiger partial charge in [-0.3, -0.25) is 0 Å². The molecular formula is C13H29N. The fraction of sp³-hybridized carbons (Fsp3) is 1.00. The lowest BCUT2D eigenvalue weighted by Gasteiger charge is -2.29. The maximum Gasteiger partial charge on any atom is 0.000496 e. The quantitative estimate of drug-likeness (QED) is 0.586. The summed E-state index contributed by atoms with van der Waals surface area (Å²) < 4.78 is 0. The lowest BCUT2D eigenvalue weighted by Crippen LogP contribution is -2.33. The molecule has 14 heavy (non-hydrogen) atoms. The molecule has 0 fully saturated rings. The molecule has 0 aromatic carbocycles. The van der Waals surface area contributed by atoms with Gasteiger partial charge in [-0.2, -0.15) is 0 Å². The first-order chi connectivity index (χ1) is 6.50. The molecule has 0 radical (unpaired) electrons. The van der Waals surface area contributed by atoms with E-state index in [2.05, 4.69) is 39.9 Å². The van der Waals surface area contributed by atoms with Gasteiger partial charge in [0.1, 0.15) is 0 Å². The Hall–Kier alpha value is -0.0400. The molecule has 1 N–H and O–H groups in total. The van der Waals surface area contributed by atoms with Crippen molar-refractivity contribution in [2.45, 2.75) is 60.3 Å². The minimum absolute atomic E-state index is 0.435. The van der Waals surface area contributed by atoms with Crippen molar-refractivity contribution in [3.8, 4) is 0 Å². The standard InChI is InChI=1S/C13H29N/c1-6-7-8-9-10-14-11-13(4,5)12(2)3/h12,14H,6-11H2,1-5H3. The van der Waals surface area contributed by atoms with Crippen molar-refractivity contribution in [3.63, 3.8) is 0 Å². The summed E-state index contributed by atoms with van der Waals surface area (Å²) in [6.07, 6.45) is 5.43. The van der Waals surface area contributed by atoms with Gasteiger partial charge in [0.2, 0.25) is 0 Å². The summed E-state index contributed by atoms with van der Waals surface area (Å²) in [6, 6.07) is 0. The van der Waals surface area contributed by atoms with E-state index in [0.29, 0.717) is 5.41 Å². The molecule has 0 rings (SSSR count).